The van der Waals surface area contributed by atoms with Gasteiger partial charge in [-0.3, -0.25) is 4.79 Å². The van der Waals surface area contributed by atoms with Crippen LogP contribution in [0.3, 0.4) is 0 Å². The summed E-state index contributed by atoms with van der Waals surface area (Å²) in [6, 6.07) is 1.81. The van der Waals surface area contributed by atoms with Crippen LogP contribution in [0, 0.1) is 5.92 Å². The Hall–Kier alpha value is -1.74. The van der Waals surface area contributed by atoms with Crippen molar-refractivity contribution in [1.82, 2.24) is 14.3 Å². The van der Waals surface area contributed by atoms with Crippen LogP contribution in [0.4, 0.5) is 11.6 Å². The maximum atomic E-state index is 12.5. The van der Waals surface area contributed by atoms with Gasteiger partial charge in [-0.1, -0.05) is 0 Å². The molecule has 0 bridgehead atoms. The summed E-state index contributed by atoms with van der Waals surface area (Å²) in [5, 5.41) is 2.86. The standard InChI is InChI=1S/C16H25N5O3S/c1-25(23,24)21-9-5-13(6-10-21)16(22)19-14-11-15(18-12-17-14)20-7-3-2-4-8-20/h11-13H,2-10H2,1H3,(H,17,18,19,22). The van der Waals surface area contributed by atoms with E-state index in [1.54, 1.807) is 0 Å². The van der Waals surface area contributed by atoms with E-state index in [9.17, 15) is 13.2 Å². The van der Waals surface area contributed by atoms with Gasteiger partial charge in [0, 0.05) is 38.2 Å². The second-order valence-electron chi connectivity index (χ2n) is 6.73. The summed E-state index contributed by atoms with van der Waals surface area (Å²) in [7, 11) is -3.18. The molecule has 1 amide bonds. The number of amides is 1. The molecular weight excluding hydrogens is 342 g/mol. The summed E-state index contributed by atoms with van der Waals surface area (Å²) in [6.45, 7) is 2.74. The number of rotatable bonds is 4. The molecule has 138 valence electrons. The fraction of sp³-hybridized carbons (Fsp3) is 0.688. The molecule has 3 rings (SSSR count). The van der Waals surface area contributed by atoms with Crippen LogP contribution in [0.15, 0.2) is 12.4 Å². The predicted octanol–water partition coefficient (Wildman–Crippen LogP) is 1.08. The third-order valence-corrected chi connectivity index (χ3v) is 6.18. The highest BCUT2D eigenvalue weighted by Gasteiger charge is 2.29. The van der Waals surface area contributed by atoms with Gasteiger partial charge in [-0.2, -0.15) is 0 Å². The molecule has 2 aliphatic heterocycles. The quantitative estimate of drug-likeness (QED) is 0.855. The molecule has 2 fully saturated rings. The zero-order valence-corrected chi connectivity index (χ0v) is 15.3. The van der Waals surface area contributed by atoms with Gasteiger partial charge >= 0.3 is 0 Å². The first-order chi connectivity index (χ1) is 11.9. The molecule has 9 heteroatoms. The molecule has 0 aromatic carbocycles. The van der Waals surface area contributed by atoms with Gasteiger partial charge in [0.2, 0.25) is 15.9 Å². The summed E-state index contributed by atoms with van der Waals surface area (Å²) in [6.07, 6.45) is 7.31. The van der Waals surface area contributed by atoms with Gasteiger partial charge in [0.15, 0.2) is 0 Å². The Morgan fingerprint density at radius 1 is 1.12 bits per heavy atom. The van der Waals surface area contributed by atoms with E-state index < -0.39 is 10.0 Å². The third-order valence-electron chi connectivity index (χ3n) is 4.88. The fourth-order valence-corrected chi connectivity index (χ4v) is 4.26. The number of carbonyl (C=O) groups excluding carboxylic acids is 1. The maximum Gasteiger partial charge on any atom is 0.228 e. The average Bonchev–Trinajstić information content (AvgIpc) is 2.62. The maximum absolute atomic E-state index is 12.5. The minimum Gasteiger partial charge on any atom is -0.356 e. The molecule has 1 aromatic heterocycles. The van der Waals surface area contributed by atoms with Crippen molar-refractivity contribution in [3.63, 3.8) is 0 Å². The van der Waals surface area contributed by atoms with Gasteiger partial charge in [0.1, 0.15) is 18.0 Å². The van der Waals surface area contributed by atoms with Crippen molar-refractivity contribution in [3.05, 3.63) is 12.4 Å². The molecule has 8 nitrogen and oxygen atoms in total. The van der Waals surface area contributed by atoms with E-state index in [-0.39, 0.29) is 11.8 Å². The number of carbonyl (C=O) groups is 1. The Morgan fingerprint density at radius 3 is 2.44 bits per heavy atom. The lowest BCUT2D eigenvalue weighted by atomic mass is 9.97. The zero-order chi connectivity index (χ0) is 17.9. The molecule has 0 spiro atoms. The van der Waals surface area contributed by atoms with Crippen molar-refractivity contribution >= 4 is 27.6 Å². The van der Waals surface area contributed by atoms with E-state index >= 15 is 0 Å². The number of piperidine rings is 2. The summed E-state index contributed by atoms with van der Waals surface area (Å²) < 4.78 is 24.5. The molecule has 0 aliphatic carbocycles. The monoisotopic (exact) mass is 367 g/mol. The zero-order valence-electron chi connectivity index (χ0n) is 14.5. The van der Waals surface area contributed by atoms with E-state index in [2.05, 4.69) is 20.2 Å². The van der Waals surface area contributed by atoms with Gasteiger partial charge < -0.3 is 10.2 Å². The van der Waals surface area contributed by atoms with Gasteiger partial charge in [0.05, 0.1) is 6.26 Å². The number of aromatic nitrogens is 2. The first-order valence-corrected chi connectivity index (χ1v) is 10.6. The first-order valence-electron chi connectivity index (χ1n) is 8.76. The van der Waals surface area contributed by atoms with Crippen LogP contribution in [0.1, 0.15) is 32.1 Å². The average molecular weight is 367 g/mol. The fourth-order valence-electron chi connectivity index (χ4n) is 3.39. The minimum atomic E-state index is -3.18. The van der Waals surface area contributed by atoms with Crippen molar-refractivity contribution in [2.45, 2.75) is 32.1 Å². The summed E-state index contributed by atoms with van der Waals surface area (Å²) in [4.78, 5) is 23.1. The third kappa shape index (κ3) is 4.66. The molecule has 0 unspecified atom stereocenters. The molecule has 2 saturated heterocycles. The topological polar surface area (TPSA) is 95.5 Å². The highest BCUT2D eigenvalue weighted by Crippen LogP contribution is 2.22. The molecule has 1 N–H and O–H groups in total. The second-order valence-corrected chi connectivity index (χ2v) is 8.72. The normalized spacial score (nSPS) is 20.4. The van der Waals surface area contributed by atoms with Crippen LogP contribution in [0.2, 0.25) is 0 Å². The lowest BCUT2D eigenvalue weighted by Crippen LogP contribution is -2.41. The minimum absolute atomic E-state index is 0.101. The van der Waals surface area contributed by atoms with Gasteiger partial charge in [-0.15, -0.1) is 0 Å². The second kappa shape index (κ2) is 7.65. The van der Waals surface area contributed by atoms with Crippen LogP contribution < -0.4 is 10.2 Å². The Balaban J connectivity index is 1.58. The molecule has 0 saturated carbocycles. The lowest BCUT2D eigenvalue weighted by Gasteiger charge is -2.29. The lowest BCUT2D eigenvalue weighted by molar-refractivity contribution is -0.120. The molecule has 25 heavy (non-hydrogen) atoms. The summed E-state index contributed by atoms with van der Waals surface area (Å²) in [5.74, 6) is 1.06. The van der Waals surface area contributed by atoms with E-state index in [4.69, 9.17) is 0 Å². The van der Waals surface area contributed by atoms with Crippen molar-refractivity contribution in [2.75, 3.05) is 42.7 Å². The van der Waals surface area contributed by atoms with E-state index in [1.165, 1.54) is 23.3 Å². The van der Waals surface area contributed by atoms with Gasteiger partial charge in [0.25, 0.3) is 0 Å². The Labute approximate surface area is 148 Å². The first kappa shape index (κ1) is 18.1. The van der Waals surface area contributed by atoms with Crippen LogP contribution in [0.25, 0.3) is 0 Å². The van der Waals surface area contributed by atoms with Gasteiger partial charge in [-0.25, -0.2) is 22.7 Å². The molecule has 2 aliphatic rings. The summed E-state index contributed by atoms with van der Waals surface area (Å²) in [5.41, 5.74) is 0. The largest absolute Gasteiger partial charge is 0.356 e. The van der Waals surface area contributed by atoms with Crippen LogP contribution in [0.5, 0.6) is 0 Å². The van der Waals surface area contributed by atoms with Crippen LogP contribution in [-0.2, 0) is 14.8 Å². The van der Waals surface area contributed by atoms with Crippen LogP contribution in [-0.4, -0.2) is 61.0 Å². The predicted molar refractivity (Wildman–Crippen MR) is 95.9 cm³/mol. The van der Waals surface area contributed by atoms with Crippen molar-refractivity contribution in [3.8, 4) is 0 Å². The van der Waals surface area contributed by atoms with Gasteiger partial charge in [-0.05, 0) is 32.1 Å². The Bertz CT molecular complexity index is 710. The molecular formula is C16H25N5O3S. The Kier molecular flexibility index (Phi) is 5.53. The molecule has 1 aromatic rings. The highest BCUT2D eigenvalue weighted by molar-refractivity contribution is 7.88. The van der Waals surface area contributed by atoms with Crippen molar-refractivity contribution in [1.29, 1.82) is 0 Å². The Morgan fingerprint density at radius 2 is 1.80 bits per heavy atom. The van der Waals surface area contributed by atoms with Crippen LogP contribution >= 0.6 is 0 Å². The number of nitrogens with one attached hydrogen (secondary N) is 1. The van der Waals surface area contributed by atoms with Crippen molar-refractivity contribution < 1.29 is 13.2 Å². The van der Waals surface area contributed by atoms with E-state index in [1.807, 2.05) is 6.07 Å². The number of nitrogens with zero attached hydrogens (tertiary/aromatic N) is 4. The number of hydrogen-bond acceptors (Lipinski definition) is 6. The van der Waals surface area contributed by atoms with E-state index in [0.717, 1.165) is 31.7 Å². The molecule has 0 radical (unpaired) electrons. The van der Waals surface area contributed by atoms with E-state index in [0.29, 0.717) is 31.7 Å². The smallest absolute Gasteiger partial charge is 0.228 e. The number of hydrogen-bond donors (Lipinski definition) is 1. The van der Waals surface area contributed by atoms with Crippen molar-refractivity contribution in [2.24, 2.45) is 5.92 Å². The summed E-state index contributed by atoms with van der Waals surface area (Å²) >= 11 is 0. The SMILES string of the molecule is CS(=O)(=O)N1CCC(C(=O)Nc2cc(N3CCCCC3)ncn2)CC1. The molecule has 0 atom stereocenters. The number of sulfonamides is 1. The number of anilines is 2. The highest BCUT2D eigenvalue weighted by atomic mass is 32.2. The molecule has 3 heterocycles.